The second-order valence-corrected chi connectivity index (χ2v) is 5.35. The monoisotopic (exact) mass is 294 g/mol. The molecule has 0 aromatic heterocycles. The normalized spacial score (nSPS) is 11.6. The van der Waals surface area contributed by atoms with E-state index in [0.717, 1.165) is 12.5 Å². The number of thioether (sulfide) groups is 1. The first kappa shape index (κ1) is 15.2. The lowest BCUT2D eigenvalue weighted by atomic mass is 10.1. The second-order valence-electron chi connectivity index (χ2n) is 3.77. The average molecular weight is 295 g/mol. The van der Waals surface area contributed by atoms with Gasteiger partial charge >= 0.3 is 11.4 Å². The summed E-state index contributed by atoms with van der Waals surface area (Å²) in [6, 6.07) is 2.25. The van der Waals surface area contributed by atoms with Crippen molar-refractivity contribution in [2.45, 2.75) is 30.5 Å². The first-order chi connectivity index (χ1) is 8.29. The summed E-state index contributed by atoms with van der Waals surface area (Å²) in [5, 5.41) is 5.49. The minimum atomic E-state index is -3.49. The number of carboxylic acids is 1. The van der Waals surface area contributed by atoms with Crippen molar-refractivity contribution in [1.82, 2.24) is 0 Å². The van der Waals surface area contributed by atoms with Gasteiger partial charge in [0.05, 0.1) is 11.1 Å². The molecule has 0 unspecified atom stereocenters. The lowest BCUT2D eigenvalue weighted by Gasteiger charge is -2.17. The molecule has 0 amide bonds. The van der Waals surface area contributed by atoms with Crippen molar-refractivity contribution in [2.24, 2.45) is 0 Å². The number of aromatic carboxylic acids is 1. The molecule has 0 heterocycles. The Morgan fingerprint density at radius 3 is 2.56 bits per heavy atom. The number of benzene rings is 1. The fraction of sp³-hybridized carbons (Fsp3) is 0.417. The molecular formula is C12H13ClF2O2S. The number of alkyl halides is 3. The zero-order valence-corrected chi connectivity index (χ0v) is 11.5. The van der Waals surface area contributed by atoms with E-state index in [4.69, 9.17) is 16.7 Å². The van der Waals surface area contributed by atoms with Crippen LogP contribution in [0.25, 0.3) is 0 Å². The Morgan fingerprint density at radius 2 is 2.11 bits per heavy atom. The van der Waals surface area contributed by atoms with Crippen molar-refractivity contribution in [3.05, 3.63) is 28.8 Å². The molecule has 0 aliphatic heterocycles. The molecule has 18 heavy (non-hydrogen) atoms. The summed E-state index contributed by atoms with van der Waals surface area (Å²) in [6.45, 7) is 3.44. The predicted molar refractivity (Wildman–Crippen MR) is 68.9 cm³/mol. The number of hydrogen-bond acceptors (Lipinski definition) is 2. The summed E-state index contributed by atoms with van der Waals surface area (Å²) in [5.74, 6) is -0.501. The molecule has 0 fully saturated rings. The summed E-state index contributed by atoms with van der Waals surface area (Å²) in [5.41, 5.74) is 0.0298. The van der Waals surface area contributed by atoms with Gasteiger partial charge in [-0.05, 0) is 48.4 Å². The fourth-order valence-electron chi connectivity index (χ4n) is 1.54. The van der Waals surface area contributed by atoms with Gasteiger partial charge in [0, 0.05) is 4.90 Å². The van der Waals surface area contributed by atoms with Crippen LogP contribution in [0.15, 0.2) is 17.0 Å². The maximum atomic E-state index is 13.3. The third kappa shape index (κ3) is 3.36. The number of carbonyl (C=O) groups is 1. The van der Waals surface area contributed by atoms with Crippen molar-refractivity contribution in [2.75, 3.05) is 5.75 Å². The fourth-order valence-corrected chi connectivity index (χ4v) is 2.84. The Labute approximate surface area is 113 Å². The molecule has 0 aliphatic rings. The number of rotatable bonds is 5. The summed E-state index contributed by atoms with van der Waals surface area (Å²) in [6.07, 6.45) is 0.800. The molecule has 1 aromatic carbocycles. The van der Waals surface area contributed by atoms with E-state index in [1.165, 1.54) is 24.8 Å². The van der Waals surface area contributed by atoms with Crippen LogP contribution in [0.4, 0.5) is 8.78 Å². The highest BCUT2D eigenvalue weighted by Crippen LogP contribution is 2.41. The molecule has 0 bridgehead atoms. The summed E-state index contributed by atoms with van der Waals surface area (Å²) >= 11 is 6.26. The van der Waals surface area contributed by atoms with Gasteiger partial charge in [-0.25, -0.2) is 4.79 Å². The quantitative estimate of drug-likeness (QED) is 0.642. The van der Waals surface area contributed by atoms with Gasteiger partial charge in [-0.3, -0.25) is 0 Å². The van der Waals surface area contributed by atoms with Crippen molar-refractivity contribution in [3.63, 3.8) is 0 Å². The Bertz CT molecular complexity index is 458. The highest BCUT2D eigenvalue weighted by Gasteiger charge is 2.32. The van der Waals surface area contributed by atoms with Gasteiger partial charge in [0.1, 0.15) is 0 Å². The maximum Gasteiger partial charge on any atom is 0.349 e. The highest BCUT2D eigenvalue weighted by atomic mass is 35.5. The second kappa shape index (κ2) is 5.89. The van der Waals surface area contributed by atoms with Crippen molar-refractivity contribution < 1.29 is 18.7 Å². The lowest BCUT2D eigenvalue weighted by molar-refractivity contribution is 0.0693. The van der Waals surface area contributed by atoms with Gasteiger partial charge in [-0.2, -0.15) is 8.78 Å². The number of carboxylic acid groups (broad SMARTS) is 1. The van der Waals surface area contributed by atoms with Gasteiger partial charge in [-0.1, -0.05) is 6.92 Å². The standard InChI is InChI=1S/C12H13ClF2O2S/c1-3-6-18-10-7(2)8(11(16)17)4-5-9(10)12(13,14)15/h4-5H,3,6H2,1-2H3,(H,16,17). The maximum absolute atomic E-state index is 13.3. The zero-order chi connectivity index (χ0) is 13.9. The van der Waals surface area contributed by atoms with Crippen molar-refractivity contribution >= 4 is 29.3 Å². The summed E-state index contributed by atoms with van der Waals surface area (Å²) in [7, 11) is 0. The van der Waals surface area contributed by atoms with Gasteiger partial charge < -0.3 is 5.11 Å². The molecule has 0 atom stereocenters. The van der Waals surface area contributed by atoms with E-state index in [9.17, 15) is 13.6 Å². The van der Waals surface area contributed by atoms with Crippen LogP contribution in [0.3, 0.4) is 0 Å². The van der Waals surface area contributed by atoms with Gasteiger partial charge in [-0.15, -0.1) is 11.8 Å². The van der Waals surface area contributed by atoms with Crippen LogP contribution >= 0.6 is 23.4 Å². The third-order valence-corrected chi connectivity index (χ3v) is 4.02. The van der Waals surface area contributed by atoms with Gasteiger partial charge in [0.15, 0.2) is 0 Å². The van der Waals surface area contributed by atoms with E-state index < -0.39 is 11.4 Å². The van der Waals surface area contributed by atoms with Crippen LogP contribution in [0.5, 0.6) is 0 Å². The highest BCUT2D eigenvalue weighted by molar-refractivity contribution is 7.99. The molecule has 0 aliphatic carbocycles. The molecule has 1 aromatic rings. The SMILES string of the molecule is CCCSc1c(C(F)(F)Cl)ccc(C(=O)O)c1C. The number of hydrogen-bond donors (Lipinski definition) is 1. The molecule has 0 saturated carbocycles. The first-order valence-corrected chi connectivity index (χ1v) is 6.72. The third-order valence-electron chi connectivity index (χ3n) is 2.39. The smallest absolute Gasteiger partial charge is 0.349 e. The first-order valence-electron chi connectivity index (χ1n) is 5.36. The Kier molecular flexibility index (Phi) is 4.99. The van der Waals surface area contributed by atoms with Crippen molar-refractivity contribution in [3.8, 4) is 0 Å². The average Bonchev–Trinajstić information content (AvgIpc) is 2.25. The summed E-state index contributed by atoms with van der Waals surface area (Å²) in [4.78, 5) is 11.2. The van der Waals surface area contributed by atoms with E-state index in [-0.39, 0.29) is 16.0 Å². The van der Waals surface area contributed by atoms with E-state index >= 15 is 0 Å². The molecule has 0 saturated heterocycles. The molecule has 2 nitrogen and oxygen atoms in total. The summed E-state index contributed by atoms with van der Waals surface area (Å²) < 4.78 is 26.5. The lowest BCUT2D eigenvalue weighted by Crippen LogP contribution is -2.10. The minimum Gasteiger partial charge on any atom is -0.478 e. The van der Waals surface area contributed by atoms with Crippen molar-refractivity contribution in [1.29, 1.82) is 0 Å². The predicted octanol–water partition coefficient (Wildman–Crippen LogP) is 4.48. The van der Waals surface area contributed by atoms with Crippen LogP contribution in [0.1, 0.15) is 34.8 Å². The van der Waals surface area contributed by atoms with Crippen LogP contribution in [0.2, 0.25) is 0 Å². The van der Waals surface area contributed by atoms with E-state index in [1.54, 1.807) is 0 Å². The zero-order valence-electron chi connectivity index (χ0n) is 9.97. The molecule has 1 N–H and O–H groups in total. The topological polar surface area (TPSA) is 37.3 Å². The van der Waals surface area contributed by atoms with E-state index in [1.807, 2.05) is 6.92 Å². The van der Waals surface area contributed by atoms with Crippen LogP contribution in [-0.4, -0.2) is 16.8 Å². The Hall–Kier alpha value is -0.810. The van der Waals surface area contributed by atoms with Gasteiger partial charge in [0.2, 0.25) is 0 Å². The van der Waals surface area contributed by atoms with Crippen LogP contribution in [0, 0.1) is 6.92 Å². The molecule has 0 radical (unpaired) electrons. The van der Waals surface area contributed by atoms with E-state index in [0.29, 0.717) is 11.3 Å². The molecule has 6 heteroatoms. The largest absolute Gasteiger partial charge is 0.478 e. The minimum absolute atomic E-state index is 0.0262. The van der Waals surface area contributed by atoms with Crippen LogP contribution < -0.4 is 0 Å². The molecule has 0 spiro atoms. The van der Waals surface area contributed by atoms with Crippen LogP contribution in [-0.2, 0) is 5.38 Å². The van der Waals surface area contributed by atoms with Gasteiger partial charge in [0.25, 0.3) is 0 Å². The molecule has 100 valence electrons. The Morgan fingerprint density at radius 1 is 1.50 bits per heavy atom. The number of halogens is 3. The Balaban J connectivity index is 3.36. The molecule has 1 rings (SSSR count). The van der Waals surface area contributed by atoms with E-state index in [2.05, 4.69) is 0 Å². The molecular weight excluding hydrogens is 282 g/mol.